The van der Waals surface area contributed by atoms with Crippen LogP contribution in [0.1, 0.15) is 31.2 Å². The first-order valence-corrected chi connectivity index (χ1v) is 10.1. The highest BCUT2D eigenvalue weighted by Gasteiger charge is 2.48. The molecular formula is C21H29N3O3. The fourth-order valence-electron chi connectivity index (χ4n) is 4.65. The summed E-state index contributed by atoms with van der Waals surface area (Å²) in [5.41, 5.74) is 1.28. The van der Waals surface area contributed by atoms with Crippen molar-refractivity contribution in [3.8, 4) is 5.75 Å². The largest absolute Gasteiger partial charge is 0.497 e. The first kappa shape index (κ1) is 18.4. The van der Waals surface area contributed by atoms with Gasteiger partial charge in [-0.1, -0.05) is 25.0 Å². The van der Waals surface area contributed by atoms with Gasteiger partial charge in [0.15, 0.2) is 0 Å². The molecule has 6 nitrogen and oxygen atoms in total. The van der Waals surface area contributed by atoms with Crippen LogP contribution in [0.2, 0.25) is 0 Å². The van der Waals surface area contributed by atoms with Gasteiger partial charge in [-0.05, 0) is 30.5 Å². The molecular weight excluding hydrogens is 342 g/mol. The van der Waals surface area contributed by atoms with Crippen molar-refractivity contribution in [2.45, 2.75) is 32.2 Å². The Kier molecular flexibility index (Phi) is 5.45. The van der Waals surface area contributed by atoms with E-state index in [1.807, 2.05) is 12.1 Å². The van der Waals surface area contributed by atoms with Crippen LogP contribution in [-0.4, -0.2) is 66.5 Å². The number of imide groups is 1. The van der Waals surface area contributed by atoms with Crippen molar-refractivity contribution in [3.63, 3.8) is 0 Å². The van der Waals surface area contributed by atoms with Crippen LogP contribution in [0, 0.1) is 11.8 Å². The number of amides is 2. The van der Waals surface area contributed by atoms with E-state index in [9.17, 15) is 9.59 Å². The van der Waals surface area contributed by atoms with Gasteiger partial charge in [0.2, 0.25) is 11.8 Å². The number of piperazine rings is 1. The smallest absolute Gasteiger partial charge is 0.234 e. The van der Waals surface area contributed by atoms with Crippen molar-refractivity contribution in [3.05, 3.63) is 29.8 Å². The van der Waals surface area contributed by atoms with E-state index < -0.39 is 0 Å². The predicted molar refractivity (Wildman–Crippen MR) is 102 cm³/mol. The normalized spacial score (nSPS) is 27.1. The molecule has 2 amide bonds. The Labute approximate surface area is 161 Å². The number of rotatable bonds is 5. The molecule has 3 fully saturated rings. The SMILES string of the molecule is COc1ccc(CN2CCN(CN3C(=O)[C@H]4CCCC[C@@H]4C3=O)CC2)cc1. The third-order valence-electron chi connectivity index (χ3n) is 6.30. The molecule has 27 heavy (non-hydrogen) atoms. The van der Waals surface area contributed by atoms with Gasteiger partial charge in [0.05, 0.1) is 25.6 Å². The molecule has 0 radical (unpaired) electrons. The van der Waals surface area contributed by atoms with Crippen LogP contribution in [0.25, 0.3) is 0 Å². The van der Waals surface area contributed by atoms with Gasteiger partial charge in [-0.3, -0.25) is 24.3 Å². The summed E-state index contributed by atoms with van der Waals surface area (Å²) >= 11 is 0. The van der Waals surface area contributed by atoms with E-state index in [0.717, 1.165) is 64.2 Å². The van der Waals surface area contributed by atoms with Gasteiger partial charge in [-0.15, -0.1) is 0 Å². The molecule has 0 bridgehead atoms. The Morgan fingerprint density at radius 1 is 0.889 bits per heavy atom. The number of fused-ring (bicyclic) bond motifs is 1. The number of hydrogen-bond donors (Lipinski definition) is 0. The van der Waals surface area contributed by atoms with Crippen LogP contribution in [0.5, 0.6) is 5.75 Å². The summed E-state index contributed by atoms with van der Waals surface area (Å²) in [6.07, 6.45) is 3.94. The Hall–Kier alpha value is -1.92. The number of likely N-dealkylation sites (tertiary alicyclic amines) is 1. The minimum atomic E-state index is -0.0392. The molecule has 1 aliphatic carbocycles. The lowest BCUT2D eigenvalue weighted by atomic mass is 9.81. The zero-order valence-electron chi connectivity index (χ0n) is 16.1. The molecule has 2 saturated heterocycles. The number of ether oxygens (including phenoxy) is 1. The molecule has 2 aliphatic heterocycles. The van der Waals surface area contributed by atoms with E-state index in [1.165, 1.54) is 5.56 Å². The zero-order valence-corrected chi connectivity index (χ0v) is 16.1. The van der Waals surface area contributed by atoms with Crippen molar-refractivity contribution in [1.82, 2.24) is 14.7 Å². The molecule has 4 rings (SSSR count). The Morgan fingerprint density at radius 3 is 2.00 bits per heavy atom. The van der Waals surface area contributed by atoms with Crippen molar-refractivity contribution < 1.29 is 14.3 Å². The molecule has 3 aliphatic rings. The third-order valence-corrected chi connectivity index (χ3v) is 6.30. The molecule has 1 saturated carbocycles. The summed E-state index contributed by atoms with van der Waals surface area (Å²) < 4.78 is 5.21. The lowest BCUT2D eigenvalue weighted by molar-refractivity contribution is -0.142. The summed E-state index contributed by atoms with van der Waals surface area (Å²) in [6.45, 7) is 5.08. The highest BCUT2D eigenvalue weighted by molar-refractivity contribution is 6.05. The second-order valence-electron chi connectivity index (χ2n) is 7.99. The first-order valence-electron chi connectivity index (χ1n) is 10.1. The molecule has 0 unspecified atom stereocenters. The maximum Gasteiger partial charge on any atom is 0.234 e. The number of benzene rings is 1. The standard InChI is InChI=1S/C21H29N3O3/c1-27-17-8-6-16(7-9-17)14-22-10-12-23(13-11-22)15-24-20(25)18-4-2-3-5-19(18)21(24)26/h6-9,18-19H,2-5,10-15H2,1H3/t18-,19-/m0/s1. The average molecular weight is 371 g/mol. The van der Waals surface area contributed by atoms with E-state index in [2.05, 4.69) is 21.9 Å². The fourth-order valence-corrected chi connectivity index (χ4v) is 4.65. The lowest BCUT2D eigenvalue weighted by Gasteiger charge is -2.36. The topological polar surface area (TPSA) is 53.1 Å². The number of carbonyl (C=O) groups is 2. The van der Waals surface area contributed by atoms with Gasteiger partial charge < -0.3 is 4.74 Å². The summed E-state index contributed by atoms with van der Waals surface area (Å²) in [5, 5.41) is 0. The molecule has 2 heterocycles. The minimum Gasteiger partial charge on any atom is -0.497 e. The third kappa shape index (κ3) is 3.87. The second-order valence-corrected chi connectivity index (χ2v) is 7.99. The van der Waals surface area contributed by atoms with Crippen molar-refractivity contribution >= 4 is 11.8 Å². The Bertz CT molecular complexity index is 658. The Balaban J connectivity index is 1.28. The van der Waals surface area contributed by atoms with Gasteiger partial charge in [0, 0.05) is 32.7 Å². The molecule has 2 atom stereocenters. The summed E-state index contributed by atoms with van der Waals surface area (Å²) in [5.74, 6) is 0.949. The van der Waals surface area contributed by atoms with Gasteiger partial charge >= 0.3 is 0 Å². The van der Waals surface area contributed by atoms with E-state index in [1.54, 1.807) is 12.0 Å². The molecule has 0 spiro atoms. The maximum absolute atomic E-state index is 12.6. The number of carbonyl (C=O) groups excluding carboxylic acids is 2. The quantitative estimate of drug-likeness (QED) is 0.741. The Morgan fingerprint density at radius 2 is 1.44 bits per heavy atom. The molecule has 1 aromatic carbocycles. The van der Waals surface area contributed by atoms with Gasteiger partial charge in [0.25, 0.3) is 0 Å². The van der Waals surface area contributed by atoms with Crippen LogP contribution in [0.15, 0.2) is 24.3 Å². The number of nitrogens with zero attached hydrogens (tertiary/aromatic N) is 3. The fraction of sp³-hybridized carbons (Fsp3) is 0.619. The van der Waals surface area contributed by atoms with Crippen molar-refractivity contribution in [2.75, 3.05) is 40.0 Å². The first-order chi connectivity index (χ1) is 13.2. The summed E-state index contributed by atoms with van der Waals surface area (Å²) in [6, 6.07) is 8.20. The summed E-state index contributed by atoms with van der Waals surface area (Å²) in [4.78, 5) is 31.5. The van der Waals surface area contributed by atoms with Crippen LogP contribution in [0.4, 0.5) is 0 Å². The van der Waals surface area contributed by atoms with Gasteiger partial charge in [-0.2, -0.15) is 0 Å². The highest BCUT2D eigenvalue weighted by atomic mass is 16.5. The maximum atomic E-state index is 12.6. The highest BCUT2D eigenvalue weighted by Crippen LogP contribution is 2.38. The number of hydrogen-bond acceptors (Lipinski definition) is 5. The molecule has 0 aromatic heterocycles. The van der Waals surface area contributed by atoms with Crippen LogP contribution >= 0.6 is 0 Å². The van der Waals surface area contributed by atoms with Crippen LogP contribution < -0.4 is 4.74 Å². The van der Waals surface area contributed by atoms with Crippen LogP contribution in [0.3, 0.4) is 0 Å². The molecule has 0 N–H and O–H groups in total. The average Bonchev–Trinajstić information content (AvgIpc) is 2.95. The molecule has 6 heteroatoms. The van der Waals surface area contributed by atoms with E-state index in [4.69, 9.17) is 4.74 Å². The minimum absolute atomic E-state index is 0.0392. The lowest BCUT2D eigenvalue weighted by Crippen LogP contribution is -2.51. The number of methoxy groups -OCH3 is 1. The van der Waals surface area contributed by atoms with E-state index >= 15 is 0 Å². The van der Waals surface area contributed by atoms with E-state index in [-0.39, 0.29) is 23.7 Å². The van der Waals surface area contributed by atoms with E-state index in [0.29, 0.717) is 6.67 Å². The zero-order chi connectivity index (χ0) is 18.8. The second kappa shape index (κ2) is 7.98. The van der Waals surface area contributed by atoms with Crippen molar-refractivity contribution in [2.24, 2.45) is 11.8 Å². The summed E-state index contributed by atoms with van der Waals surface area (Å²) in [7, 11) is 1.68. The molecule has 146 valence electrons. The monoisotopic (exact) mass is 371 g/mol. The van der Waals surface area contributed by atoms with Gasteiger partial charge in [-0.25, -0.2) is 0 Å². The van der Waals surface area contributed by atoms with Crippen molar-refractivity contribution in [1.29, 1.82) is 0 Å². The van der Waals surface area contributed by atoms with Crippen LogP contribution in [-0.2, 0) is 16.1 Å². The predicted octanol–water partition coefficient (Wildman–Crippen LogP) is 1.95. The van der Waals surface area contributed by atoms with Gasteiger partial charge in [0.1, 0.15) is 5.75 Å². The molecule has 1 aromatic rings.